The van der Waals surface area contributed by atoms with Crippen LogP contribution in [0.4, 0.5) is 4.79 Å². The standard InChI is InChI=1S/C42H47Cl2N5O7/c1-42(2,3)56-41(53)49(24-27-17-20-35(50)45-27)23-26-16-19-33(47-39(26)55-5)31-13-9-11-29(37(31)44)28-10-8-12-30(36(28)43)32-18-15-25(38(46-32)54-4)22-48-21-7-6-14-34(48)40(51)52/h8-13,15-16,18-19,27,34H,6-7,14,17,20-24H2,1-5H3,(H,45,50)(H,51,52). The van der Waals surface area contributed by atoms with Crippen LogP contribution in [0, 0.1) is 0 Å². The number of hydrogen-bond donors (Lipinski definition) is 2. The number of hydrogen-bond acceptors (Lipinski definition) is 9. The van der Waals surface area contributed by atoms with Gasteiger partial charge in [0.25, 0.3) is 0 Å². The van der Waals surface area contributed by atoms with E-state index in [1.54, 1.807) is 32.8 Å². The van der Waals surface area contributed by atoms with E-state index in [4.69, 9.17) is 47.4 Å². The number of rotatable bonds is 12. The number of carboxylic acids is 1. The van der Waals surface area contributed by atoms with Crippen molar-refractivity contribution in [2.45, 2.75) is 83.6 Å². The van der Waals surface area contributed by atoms with Crippen LogP contribution in [-0.4, -0.2) is 87.8 Å². The Morgan fingerprint density at radius 1 is 0.857 bits per heavy atom. The van der Waals surface area contributed by atoms with Crippen LogP contribution in [0.15, 0.2) is 60.7 Å². The number of aromatic nitrogens is 2. The van der Waals surface area contributed by atoms with Crippen LogP contribution in [0.5, 0.6) is 11.8 Å². The Bertz CT molecular complexity index is 2110. The molecule has 0 saturated carbocycles. The molecule has 4 aromatic rings. The molecule has 296 valence electrons. The van der Waals surface area contributed by atoms with Crippen LogP contribution in [-0.2, 0) is 27.4 Å². The molecule has 4 heterocycles. The molecule has 6 rings (SSSR count). The minimum atomic E-state index is -0.818. The van der Waals surface area contributed by atoms with E-state index in [-0.39, 0.29) is 25.0 Å². The van der Waals surface area contributed by atoms with Crippen molar-refractivity contribution in [1.82, 2.24) is 25.1 Å². The minimum absolute atomic E-state index is 0.0392. The Morgan fingerprint density at radius 2 is 1.43 bits per heavy atom. The highest BCUT2D eigenvalue weighted by Gasteiger charge is 2.31. The second-order valence-corrected chi connectivity index (χ2v) is 15.8. The molecule has 2 atom stereocenters. The molecule has 0 spiro atoms. The van der Waals surface area contributed by atoms with Gasteiger partial charge in [-0.15, -0.1) is 0 Å². The number of carboxylic acid groups (broad SMARTS) is 1. The number of aliphatic carboxylic acids is 1. The highest BCUT2D eigenvalue weighted by Crippen LogP contribution is 2.42. The van der Waals surface area contributed by atoms with Crippen molar-refractivity contribution >= 4 is 41.2 Å². The number of methoxy groups -OCH3 is 2. The number of halogens is 2. The number of nitrogens with one attached hydrogen (secondary N) is 1. The topological polar surface area (TPSA) is 143 Å². The van der Waals surface area contributed by atoms with Crippen molar-refractivity contribution in [2.24, 2.45) is 0 Å². The van der Waals surface area contributed by atoms with Gasteiger partial charge in [0.05, 0.1) is 42.2 Å². The summed E-state index contributed by atoms with van der Waals surface area (Å²) in [6, 6.07) is 18.0. The van der Waals surface area contributed by atoms with E-state index in [1.807, 2.05) is 65.6 Å². The first-order valence-electron chi connectivity index (χ1n) is 18.7. The first kappa shape index (κ1) is 40.7. The van der Waals surface area contributed by atoms with E-state index in [1.165, 1.54) is 7.11 Å². The summed E-state index contributed by atoms with van der Waals surface area (Å²) >= 11 is 14.3. The number of carbonyl (C=O) groups is 3. The van der Waals surface area contributed by atoms with Crippen molar-refractivity contribution in [3.05, 3.63) is 81.8 Å². The lowest BCUT2D eigenvalue weighted by atomic mass is 9.98. The summed E-state index contributed by atoms with van der Waals surface area (Å²) in [5, 5.41) is 13.6. The van der Waals surface area contributed by atoms with Crippen molar-refractivity contribution in [3.8, 4) is 45.4 Å². The average molecular weight is 805 g/mol. The van der Waals surface area contributed by atoms with Gasteiger partial charge < -0.3 is 29.5 Å². The van der Waals surface area contributed by atoms with Gasteiger partial charge in [-0.3, -0.25) is 14.5 Å². The molecule has 2 aromatic heterocycles. The number of piperidine rings is 1. The fourth-order valence-electron chi connectivity index (χ4n) is 7.20. The maximum atomic E-state index is 13.3. The Morgan fingerprint density at radius 3 is 1.96 bits per heavy atom. The van der Waals surface area contributed by atoms with Crippen molar-refractivity contribution < 1.29 is 33.7 Å². The first-order chi connectivity index (χ1) is 26.8. The molecule has 2 aromatic carbocycles. The summed E-state index contributed by atoms with van der Waals surface area (Å²) < 4.78 is 17.1. The monoisotopic (exact) mass is 803 g/mol. The lowest BCUT2D eigenvalue weighted by Gasteiger charge is -2.33. The van der Waals surface area contributed by atoms with Crippen molar-refractivity contribution in [2.75, 3.05) is 27.3 Å². The molecule has 2 N–H and O–H groups in total. The van der Waals surface area contributed by atoms with Crippen LogP contribution in [0.3, 0.4) is 0 Å². The number of likely N-dealkylation sites (tertiary alicyclic amines) is 1. The second kappa shape index (κ2) is 17.5. The third-order valence-corrected chi connectivity index (χ3v) is 10.7. The largest absolute Gasteiger partial charge is 0.481 e. The summed E-state index contributed by atoms with van der Waals surface area (Å²) in [5.41, 5.74) is 4.58. The van der Waals surface area contributed by atoms with Crippen molar-refractivity contribution in [3.63, 3.8) is 0 Å². The Kier molecular flexibility index (Phi) is 12.7. The fourth-order valence-corrected chi connectivity index (χ4v) is 7.85. The Balaban J connectivity index is 1.27. The number of ether oxygens (including phenoxy) is 3. The summed E-state index contributed by atoms with van der Waals surface area (Å²) in [5.74, 6) is -0.138. The Hall–Kier alpha value is -4.91. The highest BCUT2D eigenvalue weighted by atomic mass is 35.5. The van der Waals surface area contributed by atoms with E-state index >= 15 is 0 Å². The predicted molar refractivity (Wildman–Crippen MR) is 215 cm³/mol. The van der Waals surface area contributed by atoms with Gasteiger partial charge >= 0.3 is 12.1 Å². The molecular weight excluding hydrogens is 757 g/mol. The molecule has 2 aliphatic rings. The SMILES string of the molecule is COc1nc(-c2cccc(-c3cccc(-c4ccc(CN5CCCCC5C(=O)O)c(OC)n4)c3Cl)c2Cl)ccc1CN(CC1CCC(=O)N1)C(=O)OC(C)(C)C. The number of pyridine rings is 2. The molecule has 12 nitrogen and oxygen atoms in total. The second-order valence-electron chi connectivity index (χ2n) is 15.0. The quantitative estimate of drug-likeness (QED) is 0.144. The molecule has 2 amide bonds. The normalized spacial score (nSPS) is 17.3. The molecular formula is C42H47Cl2N5O7. The first-order valence-corrected chi connectivity index (χ1v) is 19.4. The summed E-state index contributed by atoms with van der Waals surface area (Å²) in [6.45, 7) is 6.94. The van der Waals surface area contributed by atoms with E-state index in [9.17, 15) is 19.5 Å². The van der Waals surface area contributed by atoms with Gasteiger partial charge in [0.1, 0.15) is 11.6 Å². The maximum Gasteiger partial charge on any atom is 0.410 e. The zero-order chi connectivity index (χ0) is 40.1. The smallest absolute Gasteiger partial charge is 0.410 e. The fraction of sp³-hybridized carbons (Fsp3) is 0.405. The number of benzene rings is 2. The zero-order valence-electron chi connectivity index (χ0n) is 32.2. The van der Waals surface area contributed by atoms with Gasteiger partial charge in [0.15, 0.2) is 0 Å². The third-order valence-electron chi connectivity index (χ3n) is 9.92. The minimum Gasteiger partial charge on any atom is -0.481 e. The molecule has 2 aliphatic heterocycles. The lowest BCUT2D eigenvalue weighted by Crippen LogP contribution is -2.44. The van der Waals surface area contributed by atoms with Crippen LogP contribution >= 0.6 is 23.2 Å². The summed E-state index contributed by atoms with van der Waals surface area (Å²) in [4.78, 5) is 50.2. The molecule has 56 heavy (non-hydrogen) atoms. The lowest BCUT2D eigenvalue weighted by molar-refractivity contribution is -0.144. The van der Waals surface area contributed by atoms with Gasteiger partial charge in [-0.05, 0) is 64.8 Å². The zero-order valence-corrected chi connectivity index (χ0v) is 33.7. The molecule has 2 saturated heterocycles. The maximum absolute atomic E-state index is 13.3. The van der Waals surface area contributed by atoms with Crippen LogP contribution < -0.4 is 14.8 Å². The molecule has 2 fully saturated rings. The van der Waals surface area contributed by atoms with Gasteiger partial charge in [0.2, 0.25) is 17.7 Å². The number of nitrogens with zero attached hydrogens (tertiary/aromatic N) is 4. The van der Waals surface area contributed by atoms with Crippen LogP contribution in [0.2, 0.25) is 10.0 Å². The summed E-state index contributed by atoms with van der Waals surface area (Å²) in [6.07, 6.45) is 2.98. The van der Waals surface area contributed by atoms with Crippen molar-refractivity contribution in [1.29, 1.82) is 0 Å². The van der Waals surface area contributed by atoms with Crippen LogP contribution in [0.1, 0.15) is 64.0 Å². The molecule has 2 unspecified atom stereocenters. The van der Waals surface area contributed by atoms with Gasteiger partial charge in [-0.2, -0.15) is 0 Å². The molecule has 0 radical (unpaired) electrons. The van der Waals surface area contributed by atoms with Gasteiger partial charge in [-0.1, -0.05) is 72.1 Å². The molecule has 0 aliphatic carbocycles. The van der Waals surface area contributed by atoms with E-state index in [0.717, 1.165) is 18.4 Å². The average Bonchev–Trinajstić information content (AvgIpc) is 3.58. The highest BCUT2D eigenvalue weighted by molar-refractivity contribution is 6.39. The third kappa shape index (κ3) is 9.37. The summed E-state index contributed by atoms with van der Waals surface area (Å²) in [7, 11) is 3.07. The molecule has 14 heteroatoms. The number of carbonyl (C=O) groups excluding carboxylic acids is 2. The molecule has 0 bridgehead atoms. The van der Waals surface area contributed by atoms with E-state index in [2.05, 4.69) is 5.32 Å². The Labute approximate surface area is 337 Å². The van der Waals surface area contributed by atoms with E-state index in [0.29, 0.717) is 93.4 Å². The van der Waals surface area contributed by atoms with Crippen LogP contribution in [0.25, 0.3) is 33.6 Å². The van der Waals surface area contributed by atoms with Gasteiger partial charge in [0, 0.05) is 58.9 Å². The van der Waals surface area contributed by atoms with E-state index < -0.39 is 23.7 Å². The number of amides is 2. The van der Waals surface area contributed by atoms with Gasteiger partial charge in [-0.25, -0.2) is 14.8 Å². The predicted octanol–water partition coefficient (Wildman–Crippen LogP) is 8.26.